The third-order valence-corrected chi connectivity index (χ3v) is 6.27. The summed E-state index contributed by atoms with van der Waals surface area (Å²) in [6, 6.07) is 10.2. The van der Waals surface area contributed by atoms with Crippen molar-refractivity contribution in [2.75, 3.05) is 11.9 Å². The van der Waals surface area contributed by atoms with Gasteiger partial charge >= 0.3 is 0 Å². The minimum atomic E-state index is -0.680. The van der Waals surface area contributed by atoms with Crippen molar-refractivity contribution in [3.8, 4) is 0 Å². The second-order valence-corrected chi connectivity index (χ2v) is 8.90. The van der Waals surface area contributed by atoms with Gasteiger partial charge in [-0.05, 0) is 24.6 Å². The number of amides is 3. The van der Waals surface area contributed by atoms with E-state index in [0.29, 0.717) is 35.3 Å². The lowest BCUT2D eigenvalue weighted by molar-refractivity contribution is -0.384. The molecule has 166 valence electrons. The van der Waals surface area contributed by atoms with Crippen molar-refractivity contribution in [3.05, 3.63) is 69.3 Å². The molecule has 2 aliphatic heterocycles. The van der Waals surface area contributed by atoms with Crippen LogP contribution in [0.25, 0.3) is 0 Å². The highest BCUT2D eigenvalue weighted by Gasteiger charge is 2.46. The fraction of sp³-hybridized carbons (Fsp3) is 0.348. The van der Waals surface area contributed by atoms with E-state index >= 15 is 0 Å². The van der Waals surface area contributed by atoms with Gasteiger partial charge in [0.05, 0.1) is 22.1 Å². The lowest BCUT2D eigenvalue weighted by Crippen LogP contribution is -2.49. The van der Waals surface area contributed by atoms with E-state index in [0.717, 1.165) is 0 Å². The number of imide groups is 1. The molecular weight excluding hydrogens is 412 g/mol. The molecular formula is C23H24N4O5. The maximum absolute atomic E-state index is 13.2. The molecule has 4 rings (SSSR count). The first-order valence-corrected chi connectivity index (χ1v) is 10.4. The molecule has 2 aromatic carbocycles. The predicted molar refractivity (Wildman–Crippen MR) is 117 cm³/mol. The number of nitro groups is 1. The predicted octanol–water partition coefficient (Wildman–Crippen LogP) is 3.28. The van der Waals surface area contributed by atoms with E-state index in [1.54, 1.807) is 30.3 Å². The average molecular weight is 436 g/mol. The van der Waals surface area contributed by atoms with Gasteiger partial charge in [-0.1, -0.05) is 26.0 Å². The maximum atomic E-state index is 13.2. The molecule has 0 bridgehead atoms. The van der Waals surface area contributed by atoms with E-state index in [2.05, 4.69) is 10.6 Å². The molecule has 9 nitrogen and oxygen atoms in total. The molecule has 0 saturated heterocycles. The van der Waals surface area contributed by atoms with Gasteiger partial charge in [-0.3, -0.25) is 29.4 Å². The van der Waals surface area contributed by atoms with Crippen LogP contribution in [0.3, 0.4) is 0 Å². The zero-order valence-electron chi connectivity index (χ0n) is 18.0. The Kier molecular flexibility index (Phi) is 5.20. The number of carbonyl (C=O) groups excluding carboxylic acids is 3. The SMILES string of the molecule is CC(=O)NCC(C)(C)C1CC(N2C(=O)c3ccccc3C2=O)c2cc([N+](=O)[O-])ccc2N1. The van der Waals surface area contributed by atoms with Crippen molar-refractivity contribution in [1.29, 1.82) is 0 Å². The molecule has 0 aromatic heterocycles. The smallest absolute Gasteiger partial charge is 0.269 e. The highest BCUT2D eigenvalue weighted by molar-refractivity contribution is 6.21. The number of non-ortho nitro benzene ring substituents is 1. The Morgan fingerprint density at radius 1 is 1.19 bits per heavy atom. The number of hydrogen-bond acceptors (Lipinski definition) is 6. The molecule has 0 fully saturated rings. The standard InChI is InChI=1S/C23H24N4O5/c1-13(28)24-12-23(2,3)20-11-19(17-10-14(27(31)32)8-9-18(17)25-20)26-21(29)15-6-4-5-7-16(15)22(26)30/h4-10,19-20,25H,11-12H2,1-3H3,(H,24,28). The Labute approximate surface area is 184 Å². The highest BCUT2D eigenvalue weighted by Crippen LogP contribution is 2.45. The molecule has 2 aliphatic rings. The minimum absolute atomic E-state index is 0.108. The van der Waals surface area contributed by atoms with Crippen LogP contribution in [0.4, 0.5) is 11.4 Å². The van der Waals surface area contributed by atoms with Gasteiger partial charge < -0.3 is 10.6 Å². The number of fused-ring (bicyclic) bond motifs is 2. The molecule has 0 saturated carbocycles. The summed E-state index contributed by atoms with van der Waals surface area (Å²) < 4.78 is 0. The average Bonchev–Trinajstić information content (AvgIpc) is 3.01. The van der Waals surface area contributed by atoms with E-state index in [1.165, 1.54) is 24.0 Å². The van der Waals surface area contributed by atoms with Crippen LogP contribution in [-0.4, -0.2) is 40.1 Å². The van der Waals surface area contributed by atoms with Crippen LogP contribution < -0.4 is 10.6 Å². The van der Waals surface area contributed by atoms with Crippen LogP contribution in [0.5, 0.6) is 0 Å². The fourth-order valence-electron chi connectivity index (χ4n) is 4.39. The molecule has 32 heavy (non-hydrogen) atoms. The first-order chi connectivity index (χ1) is 15.1. The number of nitrogens with one attached hydrogen (secondary N) is 2. The molecule has 0 spiro atoms. The first kappa shape index (κ1) is 21.5. The number of rotatable bonds is 5. The molecule has 2 aromatic rings. The largest absolute Gasteiger partial charge is 0.381 e. The number of carbonyl (C=O) groups is 3. The normalized spacial score (nSPS) is 19.8. The summed E-state index contributed by atoms with van der Waals surface area (Å²) in [4.78, 5) is 50.0. The quantitative estimate of drug-likeness (QED) is 0.421. The topological polar surface area (TPSA) is 122 Å². The number of anilines is 1. The van der Waals surface area contributed by atoms with Crippen molar-refractivity contribution >= 4 is 29.1 Å². The molecule has 3 amide bonds. The van der Waals surface area contributed by atoms with Gasteiger partial charge in [-0.25, -0.2) is 0 Å². The molecule has 0 radical (unpaired) electrons. The highest BCUT2D eigenvalue weighted by atomic mass is 16.6. The van der Waals surface area contributed by atoms with Crippen LogP contribution in [0, 0.1) is 15.5 Å². The van der Waals surface area contributed by atoms with E-state index in [-0.39, 0.29) is 17.6 Å². The summed E-state index contributed by atoms with van der Waals surface area (Å²) in [6.07, 6.45) is 0.353. The van der Waals surface area contributed by atoms with Crippen molar-refractivity contribution in [2.24, 2.45) is 5.41 Å². The zero-order chi connectivity index (χ0) is 23.2. The second kappa shape index (κ2) is 7.74. The molecule has 2 N–H and O–H groups in total. The molecule has 2 heterocycles. The summed E-state index contributed by atoms with van der Waals surface area (Å²) in [5.41, 5.74) is 1.28. The van der Waals surface area contributed by atoms with Crippen LogP contribution in [-0.2, 0) is 4.79 Å². The lowest BCUT2D eigenvalue weighted by Gasteiger charge is -2.43. The van der Waals surface area contributed by atoms with Crippen LogP contribution in [0.1, 0.15) is 59.5 Å². The van der Waals surface area contributed by atoms with Gasteiger partial charge in [0.25, 0.3) is 17.5 Å². The van der Waals surface area contributed by atoms with Crippen LogP contribution >= 0.6 is 0 Å². The van der Waals surface area contributed by atoms with Crippen LogP contribution in [0.2, 0.25) is 0 Å². The Hall–Kier alpha value is -3.75. The summed E-state index contributed by atoms with van der Waals surface area (Å²) >= 11 is 0. The van der Waals surface area contributed by atoms with E-state index in [1.807, 2.05) is 13.8 Å². The van der Waals surface area contributed by atoms with Gasteiger partial charge in [-0.2, -0.15) is 0 Å². The third-order valence-electron chi connectivity index (χ3n) is 6.27. The Bertz CT molecular complexity index is 1110. The molecule has 2 atom stereocenters. The number of nitro benzene ring substituents is 1. The first-order valence-electron chi connectivity index (χ1n) is 10.4. The lowest BCUT2D eigenvalue weighted by atomic mass is 9.76. The van der Waals surface area contributed by atoms with Gasteiger partial charge in [0.2, 0.25) is 5.91 Å². The Morgan fingerprint density at radius 2 is 1.81 bits per heavy atom. The second-order valence-electron chi connectivity index (χ2n) is 8.90. The number of nitrogens with zero attached hydrogens (tertiary/aromatic N) is 2. The summed E-state index contributed by atoms with van der Waals surface area (Å²) in [5.74, 6) is -0.969. The van der Waals surface area contributed by atoms with E-state index < -0.39 is 28.2 Å². The van der Waals surface area contributed by atoms with E-state index in [9.17, 15) is 24.5 Å². The summed E-state index contributed by atoms with van der Waals surface area (Å²) in [5, 5.41) is 17.6. The number of benzene rings is 2. The van der Waals surface area contributed by atoms with Crippen molar-refractivity contribution in [2.45, 2.75) is 39.3 Å². The minimum Gasteiger partial charge on any atom is -0.381 e. The zero-order valence-corrected chi connectivity index (χ0v) is 18.0. The molecule has 9 heteroatoms. The van der Waals surface area contributed by atoms with Crippen molar-refractivity contribution < 1.29 is 19.3 Å². The molecule has 0 aliphatic carbocycles. The Morgan fingerprint density at radius 3 is 2.38 bits per heavy atom. The van der Waals surface area contributed by atoms with Crippen LogP contribution in [0.15, 0.2) is 42.5 Å². The van der Waals surface area contributed by atoms with Gasteiger partial charge in [0.1, 0.15) is 0 Å². The maximum Gasteiger partial charge on any atom is 0.269 e. The third kappa shape index (κ3) is 3.59. The van der Waals surface area contributed by atoms with Crippen molar-refractivity contribution in [3.63, 3.8) is 0 Å². The van der Waals surface area contributed by atoms with E-state index in [4.69, 9.17) is 0 Å². The summed E-state index contributed by atoms with van der Waals surface area (Å²) in [7, 11) is 0. The van der Waals surface area contributed by atoms with Crippen molar-refractivity contribution in [1.82, 2.24) is 10.2 Å². The fourth-order valence-corrected chi connectivity index (χ4v) is 4.39. The molecule has 2 unspecified atom stereocenters. The Balaban J connectivity index is 1.77. The summed E-state index contributed by atoms with van der Waals surface area (Å²) in [6.45, 7) is 5.80. The number of hydrogen-bond donors (Lipinski definition) is 2. The monoisotopic (exact) mass is 436 g/mol. The van der Waals surface area contributed by atoms with Gasteiger partial charge in [-0.15, -0.1) is 0 Å². The van der Waals surface area contributed by atoms with Gasteiger partial charge in [0.15, 0.2) is 0 Å². The van der Waals surface area contributed by atoms with Gasteiger partial charge in [0, 0.05) is 48.3 Å².